The molecule has 3 nitrogen and oxygen atoms in total. The molecule has 1 aromatic carbocycles. The van der Waals surface area contributed by atoms with Gasteiger partial charge in [-0.2, -0.15) is 0 Å². The number of nitrogens with zero attached hydrogens (tertiary/aromatic N) is 1. The van der Waals surface area contributed by atoms with E-state index in [0.717, 1.165) is 38.4 Å². The van der Waals surface area contributed by atoms with Gasteiger partial charge in [0.15, 0.2) is 0 Å². The fourth-order valence-corrected chi connectivity index (χ4v) is 2.63. The van der Waals surface area contributed by atoms with Crippen molar-refractivity contribution in [2.24, 2.45) is 0 Å². The first-order valence-electron chi connectivity index (χ1n) is 6.38. The lowest BCUT2D eigenvalue weighted by Gasteiger charge is -2.36. The van der Waals surface area contributed by atoms with Crippen LogP contribution in [0.2, 0.25) is 0 Å². The fourth-order valence-electron chi connectivity index (χ4n) is 2.63. The predicted molar refractivity (Wildman–Crippen MR) is 73.2 cm³/mol. The van der Waals surface area contributed by atoms with Crippen LogP contribution in [0.1, 0.15) is 19.4 Å². The smallest absolute Gasteiger partial charge is 0.0352 e. The zero-order valence-corrected chi connectivity index (χ0v) is 10.9. The standard InChI is InChI=1S/C14H23N3/c1-14(2,11-17-9-7-16-8-10-17)12-5-3-4-6-13(12)15/h3-6,16H,7-11,15H2,1-2H3. The first kappa shape index (κ1) is 12.4. The highest BCUT2D eigenvalue weighted by Gasteiger charge is 2.26. The molecule has 3 N–H and O–H groups in total. The normalized spacial score (nSPS) is 18.2. The molecular formula is C14H23N3. The van der Waals surface area contributed by atoms with Crippen molar-refractivity contribution in [2.75, 3.05) is 38.5 Å². The Labute approximate surface area is 104 Å². The summed E-state index contributed by atoms with van der Waals surface area (Å²) in [7, 11) is 0. The summed E-state index contributed by atoms with van der Waals surface area (Å²) in [5.41, 5.74) is 8.37. The van der Waals surface area contributed by atoms with Crippen molar-refractivity contribution in [3.05, 3.63) is 29.8 Å². The van der Waals surface area contributed by atoms with E-state index >= 15 is 0 Å². The minimum atomic E-state index is 0.114. The topological polar surface area (TPSA) is 41.3 Å². The van der Waals surface area contributed by atoms with Gasteiger partial charge in [0.05, 0.1) is 0 Å². The highest BCUT2D eigenvalue weighted by atomic mass is 15.2. The monoisotopic (exact) mass is 233 g/mol. The van der Waals surface area contributed by atoms with Gasteiger partial charge >= 0.3 is 0 Å². The lowest BCUT2D eigenvalue weighted by Crippen LogP contribution is -2.48. The minimum absolute atomic E-state index is 0.114. The summed E-state index contributed by atoms with van der Waals surface area (Å²) in [6.45, 7) is 10.1. The van der Waals surface area contributed by atoms with E-state index in [2.05, 4.69) is 36.2 Å². The van der Waals surface area contributed by atoms with Crippen LogP contribution in [-0.4, -0.2) is 37.6 Å². The van der Waals surface area contributed by atoms with Crippen molar-refractivity contribution in [1.82, 2.24) is 10.2 Å². The number of nitrogens with two attached hydrogens (primary N) is 1. The average Bonchev–Trinajstić information content (AvgIpc) is 2.30. The molecule has 0 radical (unpaired) electrons. The maximum Gasteiger partial charge on any atom is 0.0352 e. The maximum atomic E-state index is 6.08. The van der Waals surface area contributed by atoms with E-state index in [0.29, 0.717) is 0 Å². The van der Waals surface area contributed by atoms with Crippen molar-refractivity contribution >= 4 is 5.69 Å². The Morgan fingerprint density at radius 1 is 1.24 bits per heavy atom. The third-order valence-electron chi connectivity index (χ3n) is 3.52. The largest absolute Gasteiger partial charge is 0.398 e. The summed E-state index contributed by atoms with van der Waals surface area (Å²) >= 11 is 0. The molecule has 0 aliphatic carbocycles. The Hall–Kier alpha value is -1.06. The van der Waals surface area contributed by atoms with Crippen LogP contribution in [0.15, 0.2) is 24.3 Å². The van der Waals surface area contributed by atoms with E-state index in [4.69, 9.17) is 5.73 Å². The van der Waals surface area contributed by atoms with Gasteiger partial charge in [-0.1, -0.05) is 32.0 Å². The van der Waals surface area contributed by atoms with E-state index in [1.807, 2.05) is 12.1 Å². The van der Waals surface area contributed by atoms with Crippen LogP contribution in [0, 0.1) is 0 Å². The van der Waals surface area contributed by atoms with Crippen LogP contribution in [0.5, 0.6) is 0 Å². The van der Waals surface area contributed by atoms with E-state index in [1.165, 1.54) is 5.56 Å². The van der Waals surface area contributed by atoms with Gasteiger partial charge in [-0.3, -0.25) is 4.90 Å². The first-order valence-corrected chi connectivity index (χ1v) is 6.38. The zero-order chi connectivity index (χ0) is 12.3. The fraction of sp³-hybridized carbons (Fsp3) is 0.571. The Kier molecular flexibility index (Phi) is 3.69. The number of anilines is 1. The molecule has 1 aliphatic heterocycles. The summed E-state index contributed by atoms with van der Waals surface area (Å²) in [5, 5.41) is 3.39. The Morgan fingerprint density at radius 2 is 1.88 bits per heavy atom. The molecule has 0 atom stereocenters. The number of para-hydroxylation sites is 1. The summed E-state index contributed by atoms with van der Waals surface area (Å²) < 4.78 is 0. The molecule has 17 heavy (non-hydrogen) atoms. The third-order valence-corrected chi connectivity index (χ3v) is 3.52. The molecule has 0 saturated carbocycles. The minimum Gasteiger partial charge on any atom is -0.398 e. The molecule has 0 spiro atoms. The second-order valence-electron chi connectivity index (χ2n) is 5.50. The van der Waals surface area contributed by atoms with Gasteiger partial charge in [0, 0.05) is 43.8 Å². The zero-order valence-electron chi connectivity index (χ0n) is 10.9. The molecule has 1 aromatic rings. The van der Waals surface area contributed by atoms with E-state index in [9.17, 15) is 0 Å². The Balaban J connectivity index is 2.10. The number of rotatable bonds is 3. The summed E-state index contributed by atoms with van der Waals surface area (Å²) in [5.74, 6) is 0. The second-order valence-corrected chi connectivity index (χ2v) is 5.50. The molecule has 0 aromatic heterocycles. The van der Waals surface area contributed by atoms with Crippen molar-refractivity contribution in [3.8, 4) is 0 Å². The van der Waals surface area contributed by atoms with Gasteiger partial charge < -0.3 is 11.1 Å². The summed E-state index contributed by atoms with van der Waals surface area (Å²) in [6, 6.07) is 8.22. The van der Waals surface area contributed by atoms with Crippen LogP contribution in [0.25, 0.3) is 0 Å². The third kappa shape index (κ3) is 2.99. The van der Waals surface area contributed by atoms with Crippen LogP contribution in [0.4, 0.5) is 5.69 Å². The van der Waals surface area contributed by atoms with Crippen molar-refractivity contribution in [1.29, 1.82) is 0 Å². The first-order chi connectivity index (χ1) is 8.09. The van der Waals surface area contributed by atoms with Gasteiger partial charge in [-0.15, -0.1) is 0 Å². The van der Waals surface area contributed by atoms with Crippen molar-refractivity contribution < 1.29 is 0 Å². The van der Waals surface area contributed by atoms with Crippen LogP contribution >= 0.6 is 0 Å². The maximum absolute atomic E-state index is 6.08. The van der Waals surface area contributed by atoms with Crippen LogP contribution in [-0.2, 0) is 5.41 Å². The number of benzene rings is 1. The molecule has 1 saturated heterocycles. The molecule has 1 fully saturated rings. The molecule has 1 aliphatic rings. The highest BCUT2D eigenvalue weighted by molar-refractivity contribution is 5.50. The van der Waals surface area contributed by atoms with Gasteiger partial charge in [0.1, 0.15) is 0 Å². The number of hydrogen-bond acceptors (Lipinski definition) is 3. The SMILES string of the molecule is CC(C)(CN1CCNCC1)c1ccccc1N. The molecule has 2 rings (SSSR count). The van der Waals surface area contributed by atoms with E-state index < -0.39 is 0 Å². The average molecular weight is 233 g/mol. The predicted octanol–water partition coefficient (Wildman–Crippen LogP) is 1.45. The van der Waals surface area contributed by atoms with Crippen LogP contribution in [0.3, 0.4) is 0 Å². The number of nitrogens with one attached hydrogen (secondary N) is 1. The van der Waals surface area contributed by atoms with Crippen LogP contribution < -0.4 is 11.1 Å². The van der Waals surface area contributed by atoms with Crippen molar-refractivity contribution in [2.45, 2.75) is 19.3 Å². The van der Waals surface area contributed by atoms with Crippen molar-refractivity contribution in [3.63, 3.8) is 0 Å². The molecule has 0 amide bonds. The Morgan fingerprint density at radius 3 is 2.53 bits per heavy atom. The number of hydrogen-bond donors (Lipinski definition) is 2. The van der Waals surface area contributed by atoms with Gasteiger partial charge in [0.2, 0.25) is 0 Å². The second kappa shape index (κ2) is 5.07. The molecule has 3 heteroatoms. The molecule has 94 valence electrons. The van der Waals surface area contributed by atoms with Gasteiger partial charge in [-0.25, -0.2) is 0 Å². The lowest BCUT2D eigenvalue weighted by molar-refractivity contribution is 0.200. The Bertz CT molecular complexity index is 367. The molecule has 0 unspecified atom stereocenters. The molecule has 1 heterocycles. The van der Waals surface area contributed by atoms with E-state index in [1.54, 1.807) is 0 Å². The number of nitrogen functional groups attached to an aromatic ring is 1. The lowest BCUT2D eigenvalue weighted by atomic mass is 9.83. The summed E-state index contributed by atoms with van der Waals surface area (Å²) in [4.78, 5) is 2.52. The summed E-state index contributed by atoms with van der Waals surface area (Å²) in [6.07, 6.45) is 0. The van der Waals surface area contributed by atoms with Gasteiger partial charge in [-0.05, 0) is 11.6 Å². The molecular weight excluding hydrogens is 210 g/mol. The quantitative estimate of drug-likeness (QED) is 0.777. The van der Waals surface area contributed by atoms with E-state index in [-0.39, 0.29) is 5.41 Å². The molecule has 0 bridgehead atoms. The van der Waals surface area contributed by atoms with Gasteiger partial charge in [0.25, 0.3) is 0 Å². The highest BCUT2D eigenvalue weighted by Crippen LogP contribution is 2.29. The number of piperazine rings is 1.